The van der Waals surface area contributed by atoms with Crippen LogP contribution in [0.4, 0.5) is 0 Å². The molecule has 1 atom stereocenters. The summed E-state index contributed by atoms with van der Waals surface area (Å²) in [7, 11) is 1.69. The number of nitrogens with zero attached hydrogens (tertiary/aromatic N) is 1. The number of hydrogen-bond acceptors (Lipinski definition) is 3. The molecule has 2 N–H and O–H groups in total. The van der Waals surface area contributed by atoms with Gasteiger partial charge < -0.3 is 10.5 Å². The second-order valence-electron chi connectivity index (χ2n) is 4.89. The Kier molecular flexibility index (Phi) is 3.86. The van der Waals surface area contributed by atoms with Gasteiger partial charge >= 0.3 is 0 Å². The molecule has 1 unspecified atom stereocenters. The first-order chi connectivity index (χ1) is 9.04. The lowest BCUT2D eigenvalue weighted by Gasteiger charge is -2.19. The molecule has 100 valence electrons. The van der Waals surface area contributed by atoms with Crippen molar-refractivity contribution in [1.82, 2.24) is 4.98 Å². The maximum Gasteiger partial charge on any atom is 0.122 e. The normalized spacial score (nSPS) is 12.3. The van der Waals surface area contributed by atoms with Crippen LogP contribution in [0.1, 0.15) is 33.9 Å². The van der Waals surface area contributed by atoms with E-state index in [9.17, 15) is 0 Å². The molecule has 0 bridgehead atoms. The number of benzene rings is 1. The van der Waals surface area contributed by atoms with Gasteiger partial charge in [-0.25, -0.2) is 0 Å². The van der Waals surface area contributed by atoms with E-state index in [1.54, 1.807) is 13.3 Å². The molecule has 0 amide bonds. The van der Waals surface area contributed by atoms with Crippen LogP contribution in [0, 0.1) is 20.8 Å². The second kappa shape index (κ2) is 5.41. The van der Waals surface area contributed by atoms with Gasteiger partial charge in [-0.2, -0.15) is 0 Å². The molecule has 0 aliphatic heterocycles. The summed E-state index contributed by atoms with van der Waals surface area (Å²) in [6.45, 7) is 6.13. The first-order valence-corrected chi connectivity index (χ1v) is 6.35. The van der Waals surface area contributed by atoms with Crippen molar-refractivity contribution < 1.29 is 4.74 Å². The van der Waals surface area contributed by atoms with Crippen molar-refractivity contribution >= 4 is 0 Å². The summed E-state index contributed by atoms with van der Waals surface area (Å²) in [5.41, 5.74) is 12.0. The maximum atomic E-state index is 6.41. The first kappa shape index (κ1) is 13.6. The highest BCUT2D eigenvalue weighted by atomic mass is 16.5. The second-order valence-corrected chi connectivity index (χ2v) is 4.89. The third-order valence-corrected chi connectivity index (χ3v) is 3.52. The van der Waals surface area contributed by atoms with E-state index in [0.29, 0.717) is 0 Å². The quantitative estimate of drug-likeness (QED) is 0.918. The van der Waals surface area contributed by atoms with Crippen molar-refractivity contribution in [2.45, 2.75) is 26.8 Å². The summed E-state index contributed by atoms with van der Waals surface area (Å²) in [4.78, 5) is 4.11. The number of aromatic nitrogens is 1. The summed E-state index contributed by atoms with van der Waals surface area (Å²) in [6.07, 6.45) is 3.63. The first-order valence-electron chi connectivity index (χ1n) is 6.35. The molecular weight excluding hydrogens is 236 g/mol. The van der Waals surface area contributed by atoms with Crippen LogP contribution in [0.2, 0.25) is 0 Å². The molecule has 0 radical (unpaired) electrons. The fraction of sp³-hybridized carbons (Fsp3) is 0.312. The number of hydrogen-bond donors (Lipinski definition) is 1. The summed E-state index contributed by atoms with van der Waals surface area (Å²) in [5.74, 6) is 0.903. The molecule has 0 aliphatic carbocycles. The zero-order chi connectivity index (χ0) is 14.0. The summed E-state index contributed by atoms with van der Waals surface area (Å²) < 4.78 is 5.34. The number of pyridine rings is 1. The highest BCUT2D eigenvalue weighted by molar-refractivity contribution is 5.46. The minimum Gasteiger partial charge on any atom is -0.496 e. The number of methoxy groups -OCH3 is 1. The van der Waals surface area contributed by atoms with Gasteiger partial charge in [-0.15, -0.1) is 0 Å². The third kappa shape index (κ3) is 2.61. The minimum atomic E-state index is -0.132. The van der Waals surface area contributed by atoms with Gasteiger partial charge in [0.15, 0.2) is 0 Å². The van der Waals surface area contributed by atoms with E-state index < -0.39 is 0 Å². The van der Waals surface area contributed by atoms with Crippen LogP contribution in [0.3, 0.4) is 0 Å². The van der Waals surface area contributed by atoms with Crippen LogP contribution in [0.5, 0.6) is 5.75 Å². The topological polar surface area (TPSA) is 48.1 Å². The van der Waals surface area contributed by atoms with Crippen molar-refractivity contribution in [2.24, 2.45) is 5.73 Å². The van der Waals surface area contributed by atoms with Crippen LogP contribution in [0.25, 0.3) is 0 Å². The Hall–Kier alpha value is -1.87. The lowest BCUT2D eigenvalue weighted by Crippen LogP contribution is -2.15. The molecule has 3 heteroatoms. The summed E-state index contributed by atoms with van der Waals surface area (Å²) >= 11 is 0. The van der Waals surface area contributed by atoms with E-state index in [4.69, 9.17) is 10.5 Å². The van der Waals surface area contributed by atoms with Crippen LogP contribution >= 0.6 is 0 Å². The van der Waals surface area contributed by atoms with Crippen LogP contribution in [0.15, 0.2) is 30.6 Å². The van der Waals surface area contributed by atoms with Crippen molar-refractivity contribution in [2.75, 3.05) is 7.11 Å². The smallest absolute Gasteiger partial charge is 0.122 e. The molecule has 2 aromatic rings. The molecule has 2 rings (SSSR count). The standard InChI is InChI=1S/C16H20N2O/c1-10-8-15(19-4)11(2)7-14(10)16(17)13-5-6-18-9-12(13)3/h5-9,16H,17H2,1-4H3. The number of nitrogens with two attached hydrogens (primary N) is 1. The average molecular weight is 256 g/mol. The number of ether oxygens (including phenoxy) is 1. The highest BCUT2D eigenvalue weighted by Crippen LogP contribution is 2.29. The Morgan fingerprint density at radius 3 is 2.42 bits per heavy atom. The molecular formula is C16H20N2O. The molecule has 1 aromatic heterocycles. The molecule has 1 aromatic carbocycles. The fourth-order valence-electron chi connectivity index (χ4n) is 2.37. The predicted molar refractivity (Wildman–Crippen MR) is 77.5 cm³/mol. The molecule has 19 heavy (non-hydrogen) atoms. The Labute approximate surface area is 114 Å². The molecule has 1 heterocycles. The van der Waals surface area contributed by atoms with Gasteiger partial charge in [0.25, 0.3) is 0 Å². The van der Waals surface area contributed by atoms with Crippen LogP contribution < -0.4 is 10.5 Å². The largest absolute Gasteiger partial charge is 0.496 e. The molecule has 0 aliphatic rings. The van der Waals surface area contributed by atoms with Gasteiger partial charge in [0.05, 0.1) is 13.2 Å². The van der Waals surface area contributed by atoms with Crippen molar-refractivity contribution in [3.05, 3.63) is 58.4 Å². The molecule has 0 fully saturated rings. The number of aryl methyl sites for hydroxylation is 3. The molecule has 0 spiro atoms. The van der Waals surface area contributed by atoms with E-state index in [1.807, 2.05) is 32.2 Å². The molecule has 0 saturated heterocycles. The van der Waals surface area contributed by atoms with Gasteiger partial charge in [-0.05, 0) is 60.7 Å². The minimum absolute atomic E-state index is 0.132. The van der Waals surface area contributed by atoms with E-state index >= 15 is 0 Å². The molecule has 3 nitrogen and oxygen atoms in total. The lowest BCUT2D eigenvalue weighted by molar-refractivity contribution is 0.411. The lowest BCUT2D eigenvalue weighted by atomic mass is 9.92. The van der Waals surface area contributed by atoms with Gasteiger partial charge in [-0.1, -0.05) is 6.07 Å². The van der Waals surface area contributed by atoms with E-state index in [0.717, 1.165) is 33.6 Å². The monoisotopic (exact) mass is 256 g/mol. The Bertz CT molecular complexity index is 593. The van der Waals surface area contributed by atoms with Crippen LogP contribution in [-0.4, -0.2) is 12.1 Å². The zero-order valence-corrected chi connectivity index (χ0v) is 11.9. The Morgan fingerprint density at radius 2 is 1.79 bits per heavy atom. The SMILES string of the molecule is COc1cc(C)c(C(N)c2ccncc2C)cc1C. The van der Waals surface area contributed by atoms with E-state index in [-0.39, 0.29) is 6.04 Å². The van der Waals surface area contributed by atoms with Gasteiger partial charge in [-0.3, -0.25) is 4.98 Å². The summed E-state index contributed by atoms with van der Waals surface area (Å²) in [6, 6.07) is 6.01. The van der Waals surface area contributed by atoms with Gasteiger partial charge in [0.2, 0.25) is 0 Å². The van der Waals surface area contributed by atoms with Crippen molar-refractivity contribution in [3.8, 4) is 5.75 Å². The van der Waals surface area contributed by atoms with Crippen molar-refractivity contribution in [3.63, 3.8) is 0 Å². The van der Waals surface area contributed by atoms with E-state index in [2.05, 4.69) is 18.0 Å². The average Bonchev–Trinajstić information content (AvgIpc) is 2.40. The molecule has 0 saturated carbocycles. The van der Waals surface area contributed by atoms with Crippen LogP contribution in [-0.2, 0) is 0 Å². The predicted octanol–water partition coefficient (Wildman–Crippen LogP) is 3.06. The maximum absolute atomic E-state index is 6.41. The zero-order valence-electron chi connectivity index (χ0n) is 11.9. The Morgan fingerprint density at radius 1 is 1.05 bits per heavy atom. The Balaban J connectivity index is 2.48. The number of rotatable bonds is 3. The van der Waals surface area contributed by atoms with E-state index in [1.165, 1.54) is 0 Å². The third-order valence-electron chi connectivity index (χ3n) is 3.52. The summed E-state index contributed by atoms with van der Waals surface area (Å²) in [5, 5.41) is 0. The highest BCUT2D eigenvalue weighted by Gasteiger charge is 2.15. The van der Waals surface area contributed by atoms with Crippen molar-refractivity contribution in [1.29, 1.82) is 0 Å². The van der Waals surface area contributed by atoms with Gasteiger partial charge in [0, 0.05) is 12.4 Å². The van der Waals surface area contributed by atoms with Gasteiger partial charge in [0.1, 0.15) is 5.75 Å². The fourth-order valence-corrected chi connectivity index (χ4v) is 2.37.